The van der Waals surface area contributed by atoms with Crippen molar-refractivity contribution in [3.8, 4) is 0 Å². The standard InChI is InChI=1S/C14H17NO3/c1-2-18-14(16)15-5-3-4-10-6-11-8-17-9-12(11)7-13(10)15/h6-7H,2-5,8-9H2,1H3. The van der Waals surface area contributed by atoms with E-state index in [2.05, 4.69) is 12.1 Å². The van der Waals surface area contributed by atoms with Crippen LogP contribution >= 0.6 is 0 Å². The summed E-state index contributed by atoms with van der Waals surface area (Å²) >= 11 is 0. The average molecular weight is 247 g/mol. The number of amides is 1. The number of nitrogens with zero attached hydrogens (tertiary/aromatic N) is 1. The second kappa shape index (κ2) is 4.61. The van der Waals surface area contributed by atoms with E-state index >= 15 is 0 Å². The highest BCUT2D eigenvalue weighted by molar-refractivity contribution is 5.89. The maximum atomic E-state index is 11.9. The van der Waals surface area contributed by atoms with Gasteiger partial charge in [-0.15, -0.1) is 0 Å². The molecule has 1 aromatic carbocycles. The highest BCUT2D eigenvalue weighted by Gasteiger charge is 2.26. The van der Waals surface area contributed by atoms with Crippen molar-refractivity contribution >= 4 is 11.8 Å². The molecule has 0 N–H and O–H groups in total. The van der Waals surface area contributed by atoms with E-state index in [1.54, 1.807) is 4.90 Å². The van der Waals surface area contributed by atoms with E-state index in [0.29, 0.717) is 19.8 Å². The molecule has 2 heterocycles. The van der Waals surface area contributed by atoms with E-state index in [9.17, 15) is 4.79 Å². The lowest BCUT2D eigenvalue weighted by molar-refractivity contribution is 0.134. The molecule has 0 aliphatic carbocycles. The van der Waals surface area contributed by atoms with Crippen molar-refractivity contribution in [2.75, 3.05) is 18.1 Å². The molecule has 1 aromatic rings. The minimum atomic E-state index is -0.239. The molecule has 18 heavy (non-hydrogen) atoms. The van der Waals surface area contributed by atoms with E-state index in [1.165, 1.54) is 16.7 Å². The van der Waals surface area contributed by atoms with Gasteiger partial charge in [0.1, 0.15) is 0 Å². The quantitative estimate of drug-likeness (QED) is 0.765. The molecule has 1 amide bonds. The van der Waals surface area contributed by atoms with Crippen LogP contribution in [0.25, 0.3) is 0 Å². The summed E-state index contributed by atoms with van der Waals surface area (Å²) in [6.07, 6.45) is 1.78. The van der Waals surface area contributed by atoms with Gasteiger partial charge in [0, 0.05) is 6.54 Å². The number of hydrogen-bond acceptors (Lipinski definition) is 3. The Labute approximate surface area is 106 Å². The van der Waals surface area contributed by atoms with Crippen LogP contribution in [0.3, 0.4) is 0 Å². The van der Waals surface area contributed by atoms with Gasteiger partial charge in [-0.2, -0.15) is 0 Å². The van der Waals surface area contributed by atoms with Crippen LogP contribution in [-0.4, -0.2) is 19.2 Å². The van der Waals surface area contributed by atoms with Crippen LogP contribution in [0.2, 0.25) is 0 Å². The molecule has 0 bridgehead atoms. The third-order valence-corrected chi connectivity index (χ3v) is 3.52. The van der Waals surface area contributed by atoms with Crippen molar-refractivity contribution in [2.45, 2.75) is 33.0 Å². The Hall–Kier alpha value is -1.55. The zero-order valence-electron chi connectivity index (χ0n) is 10.6. The number of benzene rings is 1. The molecule has 2 aliphatic heterocycles. The minimum Gasteiger partial charge on any atom is -0.449 e. The zero-order chi connectivity index (χ0) is 12.5. The van der Waals surface area contributed by atoms with E-state index in [1.807, 2.05) is 6.92 Å². The molecule has 0 unspecified atom stereocenters. The van der Waals surface area contributed by atoms with Crippen LogP contribution in [0, 0.1) is 0 Å². The van der Waals surface area contributed by atoms with Crippen LogP contribution in [0.15, 0.2) is 12.1 Å². The second-order valence-electron chi connectivity index (χ2n) is 4.70. The van der Waals surface area contributed by atoms with E-state index in [4.69, 9.17) is 9.47 Å². The number of anilines is 1. The lowest BCUT2D eigenvalue weighted by Crippen LogP contribution is -2.36. The molecule has 4 heteroatoms. The largest absolute Gasteiger partial charge is 0.449 e. The second-order valence-corrected chi connectivity index (χ2v) is 4.70. The molecule has 0 fully saturated rings. The first-order valence-electron chi connectivity index (χ1n) is 6.46. The molecular weight excluding hydrogens is 230 g/mol. The third-order valence-electron chi connectivity index (χ3n) is 3.52. The number of ether oxygens (including phenoxy) is 2. The Morgan fingerprint density at radius 2 is 2.11 bits per heavy atom. The highest BCUT2D eigenvalue weighted by atomic mass is 16.6. The normalized spacial score (nSPS) is 17.3. The van der Waals surface area contributed by atoms with Gasteiger partial charge in [0.25, 0.3) is 0 Å². The van der Waals surface area contributed by atoms with Gasteiger partial charge in [-0.3, -0.25) is 4.90 Å². The Morgan fingerprint density at radius 3 is 2.89 bits per heavy atom. The predicted octanol–water partition coefficient (Wildman–Crippen LogP) is 2.63. The highest BCUT2D eigenvalue weighted by Crippen LogP contribution is 2.33. The third kappa shape index (κ3) is 1.86. The molecule has 0 saturated heterocycles. The Kier molecular flexibility index (Phi) is 2.96. The topological polar surface area (TPSA) is 38.8 Å². The summed E-state index contributed by atoms with van der Waals surface area (Å²) in [5.41, 5.74) is 4.70. The lowest BCUT2D eigenvalue weighted by Gasteiger charge is -2.29. The smallest absolute Gasteiger partial charge is 0.414 e. The lowest BCUT2D eigenvalue weighted by atomic mass is 9.97. The summed E-state index contributed by atoms with van der Waals surface area (Å²) in [7, 11) is 0. The van der Waals surface area contributed by atoms with E-state index in [0.717, 1.165) is 25.1 Å². The van der Waals surface area contributed by atoms with Gasteiger partial charge in [0.05, 0.1) is 25.5 Å². The van der Waals surface area contributed by atoms with Gasteiger partial charge in [-0.05, 0) is 42.5 Å². The fourth-order valence-electron chi connectivity index (χ4n) is 2.66. The molecule has 0 aromatic heterocycles. The van der Waals surface area contributed by atoms with Gasteiger partial charge in [0.2, 0.25) is 0 Å². The van der Waals surface area contributed by atoms with Crippen molar-refractivity contribution < 1.29 is 14.3 Å². The van der Waals surface area contributed by atoms with Gasteiger partial charge < -0.3 is 9.47 Å². The van der Waals surface area contributed by atoms with E-state index < -0.39 is 0 Å². The number of carbonyl (C=O) groups is 1. The Bertz CT molecular complexity index is 484. The fraction of sp³-hybridized carbons (Fsp3) is 0.500. The summed E-state index contributed by atoms with van der Waals surface area (Å²) < 4.78 is 10.6. The van der Waals surface area contributed by atoms with E-state index in [-0.39, 0.29) is 6.09 Å². The van der Waals surface area contributed by atoms with Crippen LogP contribution in [-0.2, 0) is 29.1 Å². The summed E-state index contributed by atoms with van der Waals surface area (Å²) in [5.74, 6) is 0. The summed E-state index contributed by atoms with van der Waals surface area (Å²) in [4.78, 5) is 13.7. The number of rotatable bonds is 1. The number of aryl methyl sites for hydroxylation is 1. The first-order chi connectivity index (χ1) is 8.79. The number of fused-ring (bicyclic) bond motifs is 2. The Morgan fingerprint density at radius 1 is 1.33 bits per heavy atom. The van der Waals surface area contributed by atoms with Crippen LogP contribution in [0.4, 0.5) is 10.5 Å². The molecule has 2 aliphatic rings. The van der Waals surface area contributed by atoms with Crippen molar-refractivity contribution in [3.63, 3.8) is 0 Å². The van der Waals surface area contributed by atoms with Crippen molar-refractivity contribution in [1.82, 2.24) is 0 Å². The predicted molar refractivity (Wildman–Crippen MR) is 67.6 cm³/mol. The van der Waals surface area contributed by atoms with Gasteiger partial charge in [-0.25, -0.2) is 4.79 Å². The van der Waals surface area contributed by atoms with Gasteiger partial charge >= 0.3 is 6.09 Å². The molecule has 96 valence electrons. The maximum Gasteiger partial charge on any atom is 0.414 e. The Balaban J connectivity index is 1.97. The van der Waals surface area contributed by atoms with Crippen molar-refractivity contribution in [2.24, 2.45) is 0 Å². The molecule has 0 atom stereocenters. The number of carbonyl (C=O) groups excluding carboxylic acids is 1. The average Bonchev–Trinajstić information content (AvgIpc) is 2.82. The SMILES string of the molecule is CCOC(=O)N1CCCc2cc3c(cc21)COC3. The van der Waals surface area contributed by atoms with Crippen LogP contribution in [0.1, 0.15) is 30.0 Å². The summed E-state index contributed by atoms with van der Waals surface area (Å²) in [5, 5.41) is 0. The minimum absolute atomic E-state index is 0.239. The monoisotopic (exact) mass is 247 g/mol. The molecule has 0 saturated carbocycles. The molecular formula is C14H17NO3. The van der Waals surface area contributed by atoms with Crippen molar-refractivity contribution in [3.05, 3.63) is 28.8 Å². The molecule has 0 spiro atoms. The summed E-state index contributed by atoms with van der Waals surface area (Å²) in [6, 6.07) is 4.27. The molecule has 4 nitrogen and oxygen atoms in total. The fourth-order valence-corrected chi connectivity index (χ4v) is 2.66. The zero-order valence-corrected chi connectivity index (χ0v) is 10.6. The summed E-state index contributed by atoms with van der Waals surface area (Å²) in [6.45, 7) is 4.34. The molecule has 3 rings (SSSR count). The van der Waals surface area contributed by atoms with Crippen molar-refractivity contribution in [1.29, 1.82) is 0 Å². The van der Waals surface area contributed by atoms with Crippen LogP contribution in [0.5, 0.6) is 0 Å². The first-order valence-corrected chi connectivity index (χ1v) is 6.46. The number of hydrogen-bond donors (Lipinski definition) is 0. The molecule has 0 radical (unpaired) electrons. The van der Waals surface area contributed by atoms with Gasteiger partial charge in [0.15, 0.2) is 0 Å². The maximum absolute atomic E-state index is 11.9. The first kappa shape index (κ1) is 11.5. The van der Waals surface area contributed by atoms with Crippen LogP contribution < -0.4 is 4.90 Å². The van der Waals surface area contributed by atoms with Gasteiger partial charge in [-0.1, -0.05) is 6.07 Å².